The van der Waals surface area contributed by atoms with Crippen LogP contribution < -0.4 is 0 Å². The molecule has 0 fully saturated rings. The van der Waals surface area contributed by atoms with Crippen molar-refractivity contribution in [3.8, 4) is 0 Å². The molecule has 1 aromatic rings. The summed E-state index contributed by atoms with van der Waals surface area (Å²) in [7, 11) is 0. The third-order valence-electron chi connectivity index (χ3n) is 2.46. The minimum Gasteiger partial charge on any atom is -0.395 e. The van der Waals surface area contributed by atoms with E-state index in [1.807, 2.05) is 6.92 Å². The topological polar surface area (TPSA) is 20.2 Å². The van der Waals surface area contributed by atoms with Crippen LogP contribution >= 0.6 is 11.6 Å². The van der Waals surface area contributed by atoms with E-state index in [-0.39, 0.29) is 12.4 Å². The molecule has 1 aromatic carbocycles. The number of hydrogen-bond acceptors (Lipinski definition) is 1. The number of benzene rings is 1. The minimum atomic E-state index is -0.415. The van der Waals surface area contributed by atoms with E-state index in [1.165, 1.54) is 12.1 Å². The minimum absolute atomic E-state index is 0.00972. The highest BCUT2D eigenvalue weighted by Gasteiger charge is 2.20. The predicted molar refractivity (Wildman–Crippen MR) is 60.5 cm³/mol. The lowest BCUT2D eigenvalue weighted by molar-refractivity contribution is 0.184. The Kier molecular flexibility index (Phi) is 3.89. The normalized spacial score (nSPS) is 14.7. The van der Waals surface area contributed by atoms with Gasteiger partial charge in [-0.05, 0) is 24.1 Å². The summed E-state index contributed by atoms with van der Waals surface area (Å²) < 4.78 is 12.8. The summed E-state index contributed by atoms with van der Waals surface area (Å²) in [4.78, 5) is 0. The molecular weight excluding hydrogens is 215 g/mol. The lowest BCUT2D eigenvalue weighted by Gasteiger charge is -2.23. The molecule has 82 valence electrons. The molecule has 1 rings (SSSR count). The first-order valence-corrected chi connectivity index (χ1v) is 5.07. The van der Waals surface area contributed by atoms with E-state index in [0.29, 0.717) is 11.4 Å². The van der Waals surface area contributed by atoms with Crippen molar-refractivity contribution in [3.63, 3.8) is 0 Å². The maximum absolute atomic E-state index is 12.8. The second kappa shape index (κ2) is 4.77. The van der Waals surface area contributed by atoms with Gasteiger partial charge < -0.3 is 5.11 Å². The average Bonchev–Trinajstić information content (AvgIpc) is 2.22. The molecule has 0 heterocycles. The van der Waals surface area contributed by atoms with Crippen molar-refractivity contribution in [2.75, 3.05) is 6.61 Å². The molecule has 0 saturated heterocycles. The average molecular weight is 229 g/mol. The summed E-state index contributed by atoms with van der Waals surface area (Å²) in [5.41, 5.74) is 0.399. The predicted octanol–water partition coefficient (Wildman–Crippen LogP) is 3.21. The molecule has 1 nitrogen and oxygen atoms in total. The standard InChI is InChI=1S/C12H14ClFO/c1-3-12(2,8-15)7-9-4-5-10(14)6-11(9)13/h3-6,15H,1,7-8H2,2H3. The molecule has 0 amide bonds. The molecule has 0 aliphatic heterocycles. The highest BCUT2D eigenvalue weighted by Crippen LogP contribution is 2.27. The summed E-state index contributed by atoms with van der Waals surface area (Å²) in [5.74, 6) is -0.354. The van der Waals surface area contributed by atoms with E-state index < -0.39 is 5.41 Å². The Hall–Kier alpha value is -0.860. The van der Waals surface area contributed by atoms with Gasteiger partial charge in [-0.1, -0.05) is 30.7 Å². The molecule has 0 aliphatic rings. The van der Waals surface area contributed by atoms with Gasteiger partial charge in [0.15, 0.2) is 0 Å². The summed E-state index contributed by atoms with van der Waals surface area (Å²) in [6, 6.07) is 4.27. The van der Waals surface area contributed by atoms with Crippen LogP contribution in [0.25, 0.3) is 0 Å². The van der Waals surface area contributed by atoms with Gasteiger partial charge in [0.05, 0.1) is 6.61 Å². The lowest BCUT2D eigenvalue weighted by atomic mass is 9.84. The second-order valence-corrected chi connectivity index (χ2v) is 4.34. The van der Waals surface area contributed by atoms with E-state index in [0.717, 1.165) is 5.56 Å². The fourth-order valence-electron chi connectivity index (χ4n) is 1.29. The van der Waals surface area contributed by atoms with Crippen LogP contribution in [0.4, 0.5) is 4.39 Å². The molecular formula is C12H14ClFO. The molecule has 1 N–H and O–H groups in total. The van der Waals surface area contributed by atoms with Crippen molar-refractivity contribution >= 4 is 11.6 Å². The Morgan fingerprint density at radius 2 is 2.27 bits per heavy atom. The van der Waals surface area contributed by atoms with Crippen molar-refractivity contribution < 1.29 is 9.50 Å². The van der Waals surface area contributed by atoms with Gasteiger partial charge in [-0.2, -0.15) is 0 Å². The van der Waals surface area contributed by atoms with Gasteiger partial charge in [0.2, 0.25) is 0 Å². The fourth-order valence-corrected chi connectivity index (χ4v) is 1.53. The van der Waals surface area contributed by atoms with Gasteiger partial charge >= 0.3 is 0 Å². The molecule has 0 aromatic heterocycles. The van der Waals surface area contributed by atoms with Gasteiger partial charge in [0, 0.05) is 10.4 Å². The van der Waals surface area contributed by atoms with Crippen LogP contribution in [0.5, 0.6) is 0 Å². The molecule has 3 heteroatoms. The van der Waals surface area contributed by atoms with E-state index in [4.69, 9.17) is 11.6 Å². The molecule has 1 unspecified atom stereocenters. The van der Waals surface area contributed by atoms with Crippen molar-refractivity contribution in [2.24, 2.45) is 5.41 Å². The monoisotopic (exact) mass is 228 g/mol. The lowest BCUT2D eigenvalue weighted by Crippen LogP contribution is -2.21. The zero-order chi connectivity index (χ0) is 11.5. The third kappa shape index (κ3) is 3.05. The highest BCUT2D eigenvalue weighted by atomic mass is 35.5. The van der Waals surface area contributed by atoms with Gasteiger partial charge in [-0.25, -0.2) is 4.39 Å². The summed E-state index contributed by atoms with van der Waals surface area (Å²) in [5, 5.41) is 9.59. The first-order chi connectivity index (χ1) is 7.00. The number of aliphatic hydroxyl groups is 1. The van der Waals surface area contributed by atoms with Gasteiger partial charge in [0.25, 0.3) is 0 Å². The third-order valence-corrected chi connectivity index (χ3v) is 2.82. The Bertz CT molecular complexity index is 365. The summed E-state index contributed by atoms with van der Waals surface area (Å²) in [6.07, 6.45) is 2.23. The Labute approximate surface area is 94.2 Å². The summed E-state index contributed by atoms with van der Waals surface area (Å²) in [6.45, 7) is 5.53. The van der Waals surface area contributed by atoms with Gasteiger partial charge in [-0.15, -0.1) is 6.58 Å². The first-order valence-electron chi connectivity index (χ1n) is 4.69. The van der Waals surface area contributed by atoms with Crippen molar-refractivity contribution in [2.45, 2.75) is 13.3 Å². The summed E-state index contributed by atoms with van der Waals surface area (Å²) >= 11 is 5.89. The van der Waals surface area contributed by atoms with Crippen LogP contribution in [-0.4, -0.2) is 11.7 Å². The molecule has 0 bridgehead atoms. The van der Waals surface area contributed by atoms with E-state index in [1.54, 1.807) is 12.1 Å². The van der Waals surface area contributed by atoms with Crippen LogP contribution in [0.15, 0.2) is 30.9 Å². The molecule has 15 heavy (non-hydrogen) atoms. The molecule has 0 spiro atoms. The van der Waals surface area contributed by atoms with E-state index in [2.05, 4.69) is 6.58 Å². The van der Waals surface area contributed by atoms with Crippen LogP contribution in [0.1, 0.15) is 12.5 Å². The van der Waals surface area contributed by atoms with Gasteiger partial charge in [0.1, 0.15) is 5.82 Å². The Balaban J connectivity index is 2.94. The van der Waals surface area contributed by atoms with Crippen molar-refractivity contribution in [1.82, 2.24) is 0 Å². The quantitative estimate of drug-likeness (QED) is 0.785. The van der Waals surface area contributed by atoms with Crippen LogP contribution in [-0.2, 0) is 6.42 Å². The molecule has 0 radical (unpaired) electrons. The van der Waals surface area contributed by atoms with Crippen molar-refractivity contribution in [3.05, 3.63) is 47.3 Å². The number of halogens is 2. The van der Waals surface area contributed by atoms with E-state index in [9.17, 15) is 9.50 Å². The molecule has 0 saturated carbocycles. The second-order valence-electron chi connectivity index (χ2n) is 3.93. The zero-order valence-electron chi connectivity index (χ0n) is 8.63. The van der Waals surface area contributed by atoms with Gasteiger partial charge in [-0.3, -0.25) is 0 Å². The first kappa shape index (κ1) is 12.2. The number of hydrogen-bond donors (Lipinski definition) is 1. The van der Waals surface area contributed by atoms with Crippen molar-refractivity contribution in [1.29, 1.82) is 0 Å². The maximum atomic E-state index is 12.8. The zero-order valence-corrected chi connectivity index (χ0v) is 9.39. The number of aliphatic hydroxyl groups excluding tert-OH is 1. The highest BCUT2D eigenvalue weighted by molar-refractivity contribution is 6.31. The smallest absolute Gasteiger partial charge is 0.124 e. The largest absolute Gasteiger partial charge is 0.395 e. The van der Waals surface area contributed by atoms with E-state index >= 15 is 0 Å². The van der Waals surface area contributed by atoms with Crippen LogP contribution in [0.2, 0.25) is 5.02 Å². The maximum Gasteiger partial charge on any atom is 0.124 e. The van der Waals surface area contributed by atoms with Crippen LogP contribution in [0, 0.1) is 11.2 Å². The Morgan fingerprint density at radius 1 is 1.60 bits per heavy atom. The van der Waals surface area contributed by atoms with Crippen LogP contribution in [0.3, 0.4) is 0 Å². The number of rotatable bonds is 4. The SMILES string of the molecule is C=CC(C)(CO)Cc1ccc(F)cc1Cl. The fraction of sp³-hybridized carbons (Fsp3) is 0.333. The Morgan fingerprint density at radius 3 is 2.73 bits per heavy atom. The molecule has 1 atom stereocenters. The molecule has 0 aliphatic carbocycles.